The number of fused-ring (bicyclic) bond motifs is 1. The SMILES string of the molecule is CCc1c(C(=O)C(N)=O)c2c(OCC(=O)O)cccc2n1C.Cc1ccccc1. The smallest absolute Gasteiger partial charge is 0.341 e. The van der Waals surface area contributed by atoms with Crippen molar-refractivity contribution in [2.45, 2.75) is 20.3 Å². The van der Waals surface area contributed by atoms with Gasteiger partial charge in [-0.15, -0.1) is 0 Å². The van der Waals surface area contributed by atoms with Crippen LogP contribution in [0.5, 0.6) is 5.75 Å². The minimum Gasteiger partial charge on any atom is -0.481 e. The molecule has 0 saturated carbocycles. The number of nitrogens with zero attached hydrogens (tertiary/aromatic N) is 1. The number of hydrogen-bond donors (Lipinski definition) is 2. The number of rotatable bonds is 6. The normalized spacial score (nSPS) is 10.2. The highest BCUT2D eigenvalue weighted by molar-refractivity contribution is 6.45. The Morgan fingerprint density at radius 2 is 1.72 bits per heavy atom. The molecule has 0 radical (unpaired) electrons. The second-order valence-electron chi connectivity index (χ2n) is 6.42. The standard InChI is InChI=1S/C15H16N2O5.C7H8/c1-3-8-13(14(20)15(16)21)12-9(17(8)2)5-4-6-10(12)22-7-11(18)19;1-7-5-3-2-4-6-7/h4-6H,3,7H2,1-2H3,(H2,16,21)(H,18,19);2-6H,1H3. The number of amides is 1. The van der Waals surface area contributed by atoms with Crippen LogP contribution in [0.4, 0.5) is 0 Å². The number of carboxylic acid groups (broad SMARTS) is 1. The highest BCUT2D eigenvalue weighted by Gasteiger charge is 2.26. The lowest BCUT2D eigenvalue weighted by Gasteiger charge is -2.06. The van der Waals surface area contributed by atoms with E-state index in [0.29, 0.717) is 23.0 Å². The summed E-state index contributed by atoms with van der Waals surface area (Å²) in [5, 5.41) is 9.16. The number of hydrogen-bond acceptors (Lipinski definition) is 4. The number of nitrogens with two attached hydrogens (primary N) is 1. The van der Waals surface area contributed by atoms with E-state index in [1.807, 2.05) is 25.1 Å². The number of carbonyl (C=O) groups excluding carboxylic acids is 2. The zero-order valence-corrected chi connectivity index (χ0v) is 16.6. The van der Waals surface area contributed by atoms with E-state index >= 15 is 0 Å². The van der Waals surface area contributed by atoms with Gasteiger partial charge in [-0.05, 0) is 25.5 Å². The summed E-state index contributed by atoms with van der Waals surface area (Å²) in [5.41, 5.74) is 7.94. The predicted molar refractivity (Wildman–Crippen MR) is 110 cm³/mol. The van der Waals surface area contributed by atoms with Crippen LogP contribution in [0.2, 0.25) is 0 Å². The number of ether oxygens (including phenoxy) is 1. The van der Waals surface area contributed by atoms with E-state index < -0.39 is 24.3 Å². The van der Waals surface area contributed by atoms with Crippen LogP contribution in [0.15, 0.2) is 48.5 Å². The van der Waals surface area contributed by atoms with Crippen molar-refractivity contribution in [1.82, 2.24) is 4.57 Å². The third-order valence-corrected chi connectivity index (χ3v) is 4.39. The van der Waals surface area contributed by atoms with Crippen LogP contribution in [0.25, 0.3) is 10.9 Å². The Morgan fingerprint density at radius 3 is 2.21 bits per heavy atom. The van der Waals surface area contributed by atoms with Crippen molar-refractivity contribution in [1.29, 1.82) is 0 Å². The molecule has 0 aliphatic rings. The first-order valence-electron chi connectivity index (χ1n) is 9.08. The van der Waals surface area contributed by atoms with E-state index in [1.54, 1.807) is 29.8 Å². The van der Waals surface area contributed by atoms with Gasteiger partial charge in [0, 0.05) is 12.7 Å². The number of ketones is 1. The maximum Gasteiger partial charge on any atom is 0.341 e. The first-order valence-corrected chi connectivity index (χ1v) is 9.08. The molecule has 1 heterocycles. The fourth-order valence-corrected chi connectivity index (χ4v) is 3.08. The number of aliphatic carboxylic acids is 1. The molecule has 0 saturated heterocycles. The van der Waals surface area contributed by atoms with E-state index in [-0.39, 0.29) is 11.3 Å². The lowest BCUT2D eigenvalue weighted by molar-refractivity contribution is -0.139. The number of carboxylic acids is 1. The minimum atomic E-state index is -1.13. The Hall–Kier alpha value is -3.61. The predicted octanol–water partition coefficient (Wildman–Crippen LogP) is 2.87. The van der Waals surface area contributed by atoms with Crippen LogP contribution in [0.3, 0.4) is 0 Å². The first-order chi connectivity index (χ1) is 13.8. The molecule has 7 heteroatoms. The van der Waals surface area contributed by atoms with Crippen molar-refractivity contribution in [3.05, 3.63) is 65.4 Å². The van der Waals surface area contributed by atoms with Gasteiger partial charge >= 0.3 is 5.97 Å². The maximum absolute atomic E-state index is 12.2. The number of carbonyl (C=O) groups is 3. The van der Waals surface area contributed by atoms with Crippen LogP contribution in [0, 0.1) is 6.92 Å². The molecule has 2 aromatic carbocycles. The van der Waals surface area contributed by atoms with Gasteiger partial charge in [-0.2, -0.15) is 0 Å². The maximum atomic E-state index is 12.2. The van der Waals surface area contributed by atoms with Crippen molar-refractivity contribution in [3.63, 3.8) is 0 Å². The third-order valence-electron chi connectivity index (χ3n) is 4.39. The fraction of sp³-hybridized carbons (Fsp3) is 0.227. The summed E-state index contributed by atoms with van der Waals surface area (Å²) in [6, 6.07) is 15.3. The van der Waals surface area contributed by atoms with Crippen LogP contribution >= 0.6 is 0 Å². The molecule has 1 amide bonds. The molecule has 1 aromatic heterocycles. The van der Waals surface area contributed by atoms with Gasteiger partial charge in [0.25, 0.3) is 11.7 Å². The Bertz CT molecular complexity index is 1040. The van der Waals surface area contributed by atoms with E-state index in [9.17, 15) is 14.4 Å². The molecule has 0 aliphatic carbocycles. The highest BCUT2D eigenvalue weighted by Crippen LogP contribution is 2.34. The molecule has 0 fully saturated rings. The molecule has 3 aromatic rings. The van der Waals surface area contributed by atoms with Gasteiger partial charge in [0.15, 0.2) is 6.61 Å². The zero-order valence-electron chi connectivity index (χ0n) is 16.6. The van der Waals surface area contributed by atoms with Gasteiger partial charge in [-0.3, -0.25) is 9.59 Å². The van der Waals surface area contributed by atoms with E-state index in [0.717, 1.165) is 0 Å². The quantitative estimate of drug-likeness (QED) is 0.491. The summed E-state index contributed by atoms with van der Waals surface area (Å²) in [6.07, 6.45) is 0.512. The van der Waals surface area contributed by atoms with Crippen LogP contribution in [-0.2, 0) is 23.1 Å². The Balaban J connectivity index is 0.000000360. The molecule has 0 unspecified atom stereocenters. The third kappa shape index (κ3) is 5.01. The molecule has 0 aliphatic heterocycles. The topological polar surface area (TPSA) is 112 Å². The van der Waals surface area contributed by atoms with Crippen LogP contribution in [0.1, 0.15) is 28.5 Å². The fourth-order valence-electron chi connectivity index (χ4n) is 3.08. The molecule has 3 rings (SSSR count). The summed E-state index contributed by atoms with van der Waals surface area (Å²) in [4.78, 5) is 34.2. The number of Topliss-reactive ketones (excluding diaryl/α,β-unsaturated/α-hetero) is 1. The zero-order chi connectivity index (χ0) is 21.6. The Kier molecular flexibility index (Phi) is 7.14. The number of aryl methyl sites for hydroxylation is 2. The molecule has 0 bridgehead atoms. The van der Waals surface area contributed by atoms with E-state index in [1.165, 1.54) is 5.56 Å². The van der Waals surface area contributed by atoms with Gasteiger partial charge in [0.05, 0.1) is 16.5 Å². The molecule has 152 valence electrons. The number of aromatic nitrogens is 1. The highest BCUT2D eigenvalue weighted by atomic mass is 16.5. The Labute approximate surface area is 168 Å². The monoisotopic (exact) mass is 396 g/mol. The average Bonchev–Trinajstić information content (AvgIpc) is 2.99. The van der Waals surface area contributed by atoms with Gasteiger partial charge in [0.1, 0.15) is 5.75 Å². The van der Waals surface area contributed by atoms with Gasteiger partial charge in [0.2, 0.25) is 0 Å². The van der Waals surface area contributed by atoms with Crippen LogP contribution in [-0.4, -0.2) is 33.9 Å². The van der Waals surface area contributed by atoms with Crippen molar-refractivity contribution in [2.75, 3.05) is 6.61 Å². The van der Waals surface area contributed by atoms with Gasteiger partial charge < -0.3 is 20.1 Å². The van der Waals surface area contributed by atoms with Crippen molar-refractivity contribution < 1.29 is 24.2 Å². The van der Waals surface area contributed by atoms with Gasteiger partial charge in [-0.1, -0.05) is 48.9 Å². The number of benzene rings is 2. The molecule has 7 nitrogen and oxygen atoms in total. The molecule has 29 heavy (non-hydrogen) atoms. The molecule has 0 atom stereocenters. The second-order valence-corrected chi connectivity index (χ2v) is 6.42. The van der Waals surface area contributed by atoms with Crippen molar-refractivity contribution in [3.8, 4) is 5.75 Å². The lowest BCUT2D eigenvalue weighted by Crippen LogP contribution is -2.24. The largest absolute Gasteiger partial charge is 0.481 e. The lowest BCUT2D eigenvalue weighted by atomic mass is 10.0. The van der Waals surface area contributed by atoms with E-state index in [2.05, 4.69) is 19.1 Å². The number of primary amides is 1. The second kappa shape index (κ2) is 9.54. The van der Waals surface area contributed by atoms with Crippen molar-refractivity contribution in [2.24, 2.45) is 12.8 Å². The summed E-state index contributed by atoms with van der Waals surface area (Å²) in [7, 11) is 1.76. The first kappa shape index (κ1) is 21.7. The molecule has 0 spiro atoms. The molecular formula is C22H24N2O5. The minimum absolute atomic E-state index is 0.175. The summed E-state index contributed by atoms with van der Waals surface area (Å²) >= 11 is 0. The molecule has 3 N–H and O–H groups in total. The summed E-state index contributed by atoms with van der Waals surface area (Å²) in [6.45, 7) is 3.39. The van der Waals surface area contributed by atoms with Crippen molar-refractivity contribution >= 4 is 28.6 Å². The summed E-state index contributed by atoms with van der Waals surface area (Å²) in [5.74, 6) is -2.77. The summed E-state index contributed by atoms with van der Waals surface area (Å²) < 4.78 is 7.02. The Morgan fingerprint density at radius 1 is 1.07 bits per heavy atom. The van der Waals surface area contributed by atoms with E-state index in [4.69, 9.17) is 15.6 Å². The average molecular weight is 396 g/mol. The van der Waals surface area contributed by atoms with Gasteiger partial charge in [-0.25, -0.2) is 4.79 Å². The van der Waals surface area contributed by atoms with Crippen LogP contribution < -0.4 is 10.5 Å². The molecular weight excluding hydrogens is 372 g/mol.